The second kappa shape index (κ2) is 11.5. The number of benzene rings is 2. The molecule has 0 aliphatic heterocycles. The second-order valence-electron chi connectivity index (χ2n) is 8.30. The molecule has 0 radical (unpaired) electrons. The Morgan fingerprint density at radius 1 is 1.22 bits per heavy atom. The van der Waals surface area contributed by atoms with Gasteiger partial charge in [0.15, 0.2) is 6.61 Å². The van der Waals surface area contributed by atoms with E-state index in [1.165, 1.54) is 24.3 Å². The second-order valence-corrected chi connectivity index (χ2v) is 11.9. The van der Waals surface area contributed by atoms with E-state index in [9.17, 15) is 26.4 Å². The third kappa shape index (κ3) is 6.86. The summed E-state index contributed by atoms with van der Waals surface area (Å²) in [6.45, 7) is 4.31. The number of hydrogen-bond donors (Lipinski definition) is 1. The summed E-state index contributed by atoms with van der Waals surface area (Å²) in [5.41, 5.74) is -0.625. The normalized spacial score (nSPS) is 13.2. The van der Waals surface area contributed by atoms with Gasteiger partial charge in [0, 0.05) is 21.7 Å². The van der Waals surface area contributed by atoms with Crippen LogP contribution in [0.5, 0.6) is 11.5 Å². The zero-order valence-electron chi connectivity index (χ0n) is 20.1. The van der Waals surface area contributed by atoms with Crippen molar-refractivity contribution < 1.29 is 41.0 Å². The molecule has 0 bridgehead atoms. The maximum Gasteiger partial charge on any atom is 0.419 e. The summed E-state index contributed by atoms with van der Waals surface area (Å²) < 4.78 is 80.6. The van der Waals surface area contributed by atoms with E-state index in [1.54, 1.807) is 26.8 Å². The summed E-state index contributed by atoms with van der Waals surface area (Å²) in [5, 5.41) is 8.57. The third-order valence-electron chi connectivity index (χ3n) is 5.24. The van der Waals surface area contributed by atoms with Crippen molar-refractivity contribution in [3.05, 3.63) is 52.5 Å². The first-order chi connectivity index (χ1) is 17.2. The minimum atomic E-state index is -4.91. The Hall–Kier alpha value is -2.54. The zero-order valence-corrected chi connectivity index (χ0v) is 22.5. The molecule has 1 aromatic heterocycles. The Morgan fingerprint density at radius 2 is 1.92 bits per heavy atom. The molecular formula is C24H25ClF3NO6S2. The summed E-state index contributed by atoms with van der Waals surface area (Å²) >= 11 is 6.46. The number of halogens is 4. The highest BCUT2D eigenvalue weighted by Gasteiger charge is 2.43. The van der Waals surface area contributed by atoms with Gasteiger partial charge in [-0.25, -0.2) is 13.2 Å². The highest BCUT2D eigenvalue weighted by molar-refractivity contribution is 7.91. The van der Waals surface area contributed by atoms with Gasteiger partial charge in [-0.15, -0.1) is 11.3 Å². The van der Waals surface area contributed by atoms with Crippen LogP contribution in [0.4, 0.5) is 13.2 Å². The largest absolute Gasteiger partial charge is 0.489 e. The van der Waals surface area contributed by atoms with Crippen LogP contribution in [0.15, 0.2) is 40.6 Å². The van der Waals surface area contributed by atoms with E-state index in [4.69, 9.17) is 26.2 Å². The molecule has 1 unspecified atom stereocenters. The number of rotatable bonds is 11. The van der Waals surface area contributed by atoms with Crippen LogP contribution >= 0.6 is 22.9 Å². The lowest BCUT2D eigenvalue weighted by molar-refractivity contribution is -0.139. The molecule has 2 aromatic carbocycles. The van der Waals surface area contributed by atoms with E-state index in [1.807, 2.05) is 0 Å². The number of carbonyl (C=O) groups is 1. The molecule has 1 heterocycles. The highest BCUT2D eigenvalue weighted by atomic mass is 35.5. The van der Waals surface area contributed by atoms with Gasteiger partial charge in [0.2, 0.25) is 0 Å². The molecule has 0 saturated carbocycles. The fourth-order valence-corrected chi connectivity index (χ4v) is 7.39. The predicted octanol–water partition coefficient (Wildman–Crippen LogP) is 6.21. The standard InChI is InChI=1S/C24H25ClF3NO6S2/c1-4-9-29(12-15(3)35-17-6-7-19(14(2)10-17)34-13-21(30)31)37(32,33)23-22(24(26,27)28)18-11-16(25)5-8-20(18)36-23/h5-8,10-11,15H,4,9,12-13H2,1-3H3,(H,30,31). The number of sulfonamides is 1. The van der Waals surface area contributed by atoms with Crippen molar-refractivity contribution in [3.63, 3.8) is 0 Å². The van der Waals surface area contributed by atoms with E-state index in [0.717, 1.165) is 10.4 Å². The van der Waals surface area contributed by atoms with Crippen molar-refractivity contribution >= 4 is 49.0 Å². The minimum Gasteiger partial charge on any atom is -0.489 e. The van der Waals surface area contributed by atoms with Crippen LogP contribution in [0.2, 0.25) is 5.02 Å². The van der Waals surface area contributed by atoms with Crippen molar-refractivity contribution in [3.8, 4) is 11.5 Å². The molecule has 1 atom stereocenters. The molecule has 1 N–H and O–H groups in total. The highest BCUT2D eigenvalue weighted by Crippen LogP contribution is 2.46. The Morgan fingerprint density at radius 3 is 2.51 bits per heavy atom. The van der Waals surface area contributed by atoms with Crippen LogP contribution in [0.25, 0.3) is 10.1 Å². The van der Waals surface area contributed by atoms with Gasteiger partial charge in [0.05, 0.1) is 12.1 Å². The number of thiophene rings is 1. The van der Waals surface area contributed by atoms with Crippen molar-refractivity contribution in [2.75, 3.05) is 19.7 Å². The molecule has 0 aliphatic rings. The fraction of sp³-hybridized carbons (Fsp3) is 0.375. The van der Waals surface area contributed by atoms with Gasteiger partial charge in [-0.3, -0.25) is 0 Å². The van der Waals surface area contributed by atoms with E-state index in [-0.39, 0.29) is 28.2 Å². The minimum absolute atomic E-state index is 0.0106. The number of fused-ring (bicyclic) bond motifs is 1. The first-order valence-electron chi connectivity index (χ1n) is 11.1. The predicted molar refractivity (Wildman–Crippen MR) is 135 cm³/mol. The van der Waals surface area contributed by atoms with E-state index in [2.05, 4.69) is 0 Å². The molecular weight excluding hydrogens is 555 g/mol. The summed E-state index contributed by atoms with van der Waals surface area (Å²) in [7, 11) is -4.54. The number of aryl methyl sites for hydroxylation is 1. The molecule has 3 aromatic rings. The number of carboxylic acids is 1. The van der Waals surface area contributed by atoms with Gasteiger partial charge in [-0.05, 0) is 62.2 Å². The molecule has 0 amide bonds. The molecule has 3 rings (SSSR count). The Balaban J connectivity index is 1.89. The summed E-state index contributed by atoms with van der Waals surface area (Å²) in [6.07, 6.45) is -5.25. The average Bonchev–Trinajstić information content (AvgIpc) is 3.18. The van der Waals surface area contributed by atoms with Gasteiger partial charge in [-0.1, -0.05) is 18.5 Å². The van der Waals surface area contributed by atoms with Gasteiger partial charge in [0.1, 0.15) is 21.8 Å². The first kappa shape index (κ1) is 29.0. The number of aliphatic carboxylic acids is 1. The quantitative estimate of drug-likeness (QED) is 0.290. The first-order valence-corrected chi connectivity index (χ1v) is 13.8. The van der Waals surface area contributed by atoms with Crippen LogP contribution in [0, 0.1) is 6.92 Å². The van der Waals surface area contributed by atoms with E-state index in [0.29, 0.717) is 34.8 Å². The lowest BCUT2D eigenvalue weighted by atomic mass is 10.2. The lowest BCUT2D eigenvalue weighted by Crippen LogP contribution is -2.39. The van der Waals surface area contributed by atoms with Crippen LogP contribution in [-0.4, -0.2) is 49.6 Å². The molecule has 0 aliphatic carbocycles. The maximum atomic E-state index is 14.1. The smallest absolute Gasteiger partial charge is 0.419 e. The van der Waals surface area contributed by atoms with Gasteiger partial charge < -0.3 is 14.6 Å². The van der Waals surface area contributed by atoms with Crippen LogP contribution in [0.1, 0.15) is 31.4 Å². The number of nitrogens with zero attached hydrogens (tertiary/aromatic N) is 1. The van der Waals surface area contributed by atoms with E-state index < -0.39 is 44.7 Å². The fourth-order valence-electron chi connectivity index (χ4n) is 3.73. The van der Waals surface area contributed by atoms with Crippen molar-refractivity contribution in [2.24, 2.45) is 0 Å². The Kier molecular flexibility index (Phi) is 8.99. The van der Waals surface area contributed by atoms with Crippen molar-refractivity contribution in [2.45, 2.75) is 43.7 Å². The molecule has 0 spiro atoms. The maximum absolute atomic E-state index is 14.1. The van der Waals surface area contributed by atoms with Gasteiger partial charge >= 0.3 is 12.1 Å². The number of alkyl halides is 3. The number of ether oxygens (including phenoxy) is 2. The van der Waals surface area contributed by atoms with Gasteiger partial charge in [-0.2, -0.15) is 17.5 Å². The molecule has 0 fully saturated rings. The molecule has 0 saturated heterocycles. The Labute approximate surface area is 221 Å². The monoisotopic (exact) mass is 579 g/mol. The van der Waals surface area contributed by atoms with Crippen LogP contribution in [-0.2, 0) is 21.0 Å². The summed E-state index contributed by atoms with van der Waals surface area (Å²) in [4.78, 5) is 10.7. The van der Waals surface area contributed by atoms with Gasteiger partial charge in [0.25, 0.3) is 10.0 Å². The average molecular weight is 580 g/mol. The van der Waals surface area contributed by atoms with Crippen molar-refractivity contribution in [1.82, 2.24) is 4.31 Å². The topological polar surface area (TPSA) is 93.1 Å². The van der Waals surface area contributed by atoms with Crippen LogP contribution in [0.3, 0.4) is 0 Å². The number of hydrogen-bond acceptors (Lipinski definition) is 6. The van der Waals surface area contributed by atoms with E-state index >= 15 is 0 Å². The molecule has 7 nitrogen and oxygen atoms in total. The Bertz CT molecular complexity index is 1390. The lowest BCUT2D eigenvalue weighted by Gasteiger charge is -2.26. The molecule has 202 valence electrons. The van der Waals surface area contributed by atoms with Crippen LogP contribution < -0.4 is 9.47 Å². The third-order valence-corrected chi connectivity index (χ3v) is 9.01. The molecule has 13 heteroatoms. The SMILES string of the molecule is CCCN(CC(C)Oc1ccc(OCC(=O)O)c(C)c1)S(=O)(=O)c1sc2ccc(Cl)cc2c1C(F)(F)F. The molecule has 37 heavy (non-hydrogen) atoms. The summed E-state index contributed by atoms with van der Waals surface area (Å²) in [5.74, 6) is -0.405. The van der Waals surface area contributed by atoms with Crippen molar-refractivity contribution in [1.29, 1.82) is 0 Å². The zero-order chi connectivity index (χ0) is 27.5. The number of carboxylic acid groups (broad SMARTS) is 1. The summed E-state index contributed by atoms with van der Waals surface area (Å²) in [6, 6.07) is 8.58.